The van der Waals surface area contributed by atoms with Crippen molar-refractivity contribution < 1.29 is 14.6 Å². The number of hydrogen-bond acceptors (Lipinski definition) is 6. The molecule has 192 valence electrons. The van der Waals surface area contributed by atoms with Crippen molar-refractivity contribution in [1.82, 2.24) is 20.0 Å². The van der Waals surface area contributed by atoms with Gasteiger partial charge in [0.15, 0.2) is 5.69 Å². The second-order valence-electron chi connectivity index (χ2n) is 9.18. The lowest BCUT2D eigenvalue weighted by Gasteiger charge is -2.27. The van der Waals surface area contributed by atoms with Crippen LogP contribution in [0, 0.1) is 0 Å². The predicted molar refractivity (Wildman–Crippen MR) is 140 cm³/mol. The van der Waals surface area contributed by atoms with E-state index < -0.39 is 5.91 Å². The number of ether oxygens (including phenoxy) is 1. The molecule has 1 amide bonds. The molecule has 1 saturated heterocycles. The summed E-state index contributed by atoms with van der Waals surface area (Å²) in [6.07, 6.45) is 3.32. The maximum Gasteiger partial charge on any atom is 0.276 e. The first kappa shape index (κ1) is 26.3. The van der Waals surface area contributed by atoms with Crippen molar-refractivity contribution in [2.45, 2.75) is 38.8 Å². The highest BCUT2D eigenvalue weighted by atomic mass is 35.5. The number of benzene rings is 2. The number of aliphatic hydroxyl groups excluding tert-OH is 1. The molecule has 0 saturated carbocycles. The van der Waals surface area contributed by atoms with Gasteiger partial charge in [0.05, 0.1) is 24.1 Å². The second-order valence-corrected chi connectivity index (χ2v) is 9.62. The van der Waals surface area contributed by atoms with Crippen LogP contribution in [0.2, 0.25) is 5.02 Å². The van der Waals surface area contributed by atoms with E-state index in [0.29, 0.717) is 30.2 Å². The van der Waals surface area contributed by atoms with Gasteiger partial charge in [-0.3, -0.25) is 19.2 Å². The summed E-state index contributed by atoms with van der Waals surface area (Å²) in [6.45, 7) is 4.24. The van der Waals surface area contributed by atoms with Crippen molar-refractivity contribution in [2.24, 2.45) is 7.05 Å². The summed E-state index contributed by atoms with van der Waals surface area (Å²) < 4.78 is 7.12. The first-order valence-electron chi connectivity index (χ1n) is 12.4. The summed E-state index contributed by atoms with van der Waals surface area (Å²) in [5, 5.41) is 17.5. The molecule has 9 heteroatoms. The summed E-state index contributed by atoms with van der Waals surface area (Å²) >= 11 is 5.94. The molecule has 36 heavy (non-hydrogen) atoms. The average Bonchev–Trinajstić information content (AvgIpc) is 2.88. The number of aromatic nitrogens is 2. The lowest BCUT2D eigenvalue weighted by Crippen LogP contribution is -2.35. The number of nitrogens with one attached hydrogen (secondary N) is 1. The van der Waals surface area contributed by atoms with E-state index in [-0.39, 0.29) is 24.3 Å². The van der Waals surface area contributed by atoms with Crippen LogP contribution in [0.5, 0.6) is 0 Å². The molecule has 8 nitrogen and oxygen atoms in total. The molecule has 0 radical (unpaired) electrons. The lowest BCUT2D eigenvalue weighted by atomic mass is 9.99. The minimum Gasteiger partial charge on any atom is -0.396 e. The number of fused-ring (bicyclic) bond motifs is 1. The number of carbonyl (C=O) groups excluding carboxylic acids is 1. The number of rotatable bonds is 10. The summed E-state index contributed by atoms with van der Waals surface area (Å²) in [4.78, 5) is 28.8. The molecule has 1 aliphatic rings. The smallest absolute Gasteiger partial charge is 0.276 e. The van der Waals surface area contributed by atoms with E-state index in [4.69, 9.17) is 21.4 Å². The Labute approximate surface area is 215 Å². The van der Waals surface area contributed by atoms with Crippen molar-refractivity contribution in [1.29, 1.82) is 0 Å². The first-order chi connectivity index (χ1) is 17.5. The molecule has 0 spiro atoms. The van der Waals surface area contributed by atoms with Gasteiger partial charge in [0, 0.05) is 44.9 Å². The first-order valence-corrected chi connectivity index (χ1v) is 12.8. The van der Waals surface area contributed by atoms with E-state index in [1.165, 1.54) is 0 Å². The van der Waals surface area contributed by atoms with E-state index in [2.05, 4.69) is 21.4 Å². The highest BCUT2D eigenvalue weighted by Gasteiger charge is 2.20. The maximum atomic E-state index is 13.5. The van der Waals surface area contributed by atoms with Gasteiger partial charge >= 0.3 is 0 Å². The Hall–Kier alpha value is -2.78. The molecule has 2 aromatic carbocycles. The average molecular weight is 513 g/mol. The van der Waals surface area contributed by atoms with Crippen LogP contribution in [0.1, 0.15) is 46.4 Å². The van der Waals surface area contributed by atoms with Crippen molar-refractivity contribution in [2.75, 3.05) is 32.9 Å². The van der Waals surface area contributed by atoms with Gasteiger partial charge in [-0.1, -0.05) is 36.2 Å². The maximum absolute atomic E-state index is 13.5. The Bertz CT molecular complexity index is 1250. The van der Waals surface area contributed by atoms with Crippen LogP contribution in [0.4, 0.5) is 0 Å². The van der Waals surface area contributed by atoms with Crippen LogP contribution in [0.25, 0.3) is 10.9 Å². The van der Waals surface area contributed by atoms with E-state index >= 15 is 0 Å². The van der Waals surface area contributed by atoms with Gasteiger partial charge in [0.1, 0.15) is 0 Å². The third kappa shape index (κ3) is 6.50. The largest absolute Gasteiger partial charge is 0.396 e. The third-order valence-electron chi connectivity index (χ3n) is 6.48. The molecule has 1 fully saturated rings. The van der Waals surface area contributed by atoms with Gasteiger partial charge in [0.2, 0.25) is 5.43 Å². The molecule has 0 bridgehead atoms. The molecule has 3 aromatic rings. The normalized spacial score (nSPS) is 14.3. The standard InChI is InChI=1S/C27H33ClN4O4/c1-31-25-21(5-3-2-4-12-33)15-20(18-32-10-13-36-14-11-32)16-23(25)26(34)24(30-31)27(35)29-17-19-6-8-22(28)9-7-19/h6-9,15-16,33H,2-5,10-14,17-18H2,1H3,(H,29,35). The number of amides is 1. The van der Waals surface area contributed by atoms with E-state index in [0.717, 1.165) is 61.0 Å². The van der Waals surface area contributed by atoms with Gasteiger partial charge < -0.3 is 15.2 Å². The van der Waals surface area contributed by atoms with Crippen molar-refractivity contribution >= 4 is 28.4 Å². The molecule has 0 atom stereocenters. The molecule has 2 heterocycles. The van der Waals surface area contributed by atoms with Gasteiger partial charge in [-0.15, -0.1) is 0 Å². The molecule has 1 aromatic heterocycles. The number of hydrogen-bond donors (Lipinski definition) is 2. The zero-order valence-corrected chi connectivity index (χ0v) is 21.4. The van der Waals surface area contributed by atoms with Crippen LogP contribution in [0.3, 0.4) is 0 Å². The van der Waals surface area contributed by atoms with Crippen molar-refractivity contribution in [3.63, 3.8) is 0 Å². The van der Waals surface area contributed by atoms with Crippen LogP contribution >= 0.6 is 11.6 Å². The Morgan fingerprint density at radius 2 is 1.86 bits per heavy atom. The summed E-state index contributed by atoms with van der Waals surface area (Å²) in [7, 11) is 1.77. The number of carbonyl (C=O) groups is 1. The van der Waals surface area contributed by atoms with Crippen molar-refractivity contribution in [3.05, 3.63) is 74.0 Å². The predicted octanol–water partition coefficient (Wildman–Crippen LogP) is 3.05. The number of morpholine rings is 1. The van der Waals surface area contributed by atoms with Crippen LogP contribution in [0.15, 0.2) is 41.2 Å². The number of aliphatic hydroxyl groups is 1. The highest BCUT2D eigenvalue weighted by molar-refractivity contribution is 6.30. The zero-order chi connectivity index (χ0) is 25.5. The highest BCUT2D eigenvalue weighted by Crippen LogP contribution is 2.22. The van der Waals surface area contributed by atoms with E-state index in [9.17, 15) is 9.59 Å². The van der Waals surface area contributed by atoms with Crippen LogP contribution < -0.4 is 10.7 Å². The molecule has 1 aliphatic heterocycles. The van der Waals surface area contributed by atoms with Crippen molar-refractivity contribution in [3.8, 4) is 0 Å². The number of aryl methyl sites for hydroxylation is 2. The summed E-state index contributed by atoms with van der Waals surface area (Å²) in [5.41, 5.74) is 3.23. The molecule has 0 unspecified atom stereocenters. The zero-order valence-electron chi connectivity index (χ0n) is 20.6. The minimum absolute atomic E-state index is 0.117. The summed E-state index contributed by atoms with van der Waals surface area (Å²) in [5.74, 6) is -0.504. The van der Waals surface area contributed by atoms with E-state index in [1.54, 1.807) is 23.9 Å². The quantitative estimate of drug-likeness (QED) is 0.405. The van der Waals surface area contributed by atoms with Gasteiger partial charge in [-0.05, 0) is 54.2 Å². The third-order valence-corrected chi connectivity index (χ3v) is 6.73. The fraction of sp³-hybridized carbons (Fsp3) is 0.444. The fourth-order valence-electron chi connectivity index (χ4n) is 4.61. The number of halogens is 1. The topological polar surface area (TPSA) is 96.7 Å². The van der Waals surface area contributed by atoms with Gasteiger partial charge in [0.25, 0.3) is 5.91 Å². The molecular weight excluding hydrogens is 480 g/mol. The number of unbranched alkanes of at least 4 members (excludes halogenated alkanes) is 2. The van der Waals surface area contributed by atoms with Crippen LogP contribution in [-0.4, -0.2) is 58.6 Å². The van der Waals surface area contributed by atoms with Gasteiger partial charge in [-0.25, -0.2) is 0 Å². The lowest BCUT2D eigenvalue weighted by molar-refractivity contribution is 0.0342. The molecular formula is C27H33ClN4O4. The number of nitrogens with zero attached hydrogens (tertiary/aromatic N) is 3. The minimum atomic E-state index is -0.504. The second kappa shape index (κ2) is 12.5. The Morgan fingerprint density at radius 1 is 1.11 bits per heavy atom. The Kier molecular flexibility index (Phi) is 9.09. The Balaban J connectivity index is 1.65. The molecule has 0 aliphatic carbocycles. The monoisotopic (exact) mass is 512 g/mol. The van der Waals surface area contributed by atoms with Crippen LogP contribution in [-0.2, 0) is 31.3 Å². The molecule has 2 N–H and O–H groups in total. The molecule has 4 rings (SSSR count). The summed E-state index contributed by atoms with van der Waals surface area (Å²) in [6, 6.07) is 11.2. The van der Waals surface area contributed by atoms with E-state index in [1.807, 2.05) is 18.2 Å². The fourth-order valence-corrected chi connectivity index (χ4v) is 4.73. The van der Waals surface area contributed by atoms with Gasteiger partial charge in [-0.2, -0.15) is 5.10 Å². The Morgan fingerprint density at radius 3 is 2.58 bits per heavy atom. The SMILES string of the molecule is Cn1nc(C(=O)NCc2ccc(Cl)cc2)c(=O)c2cc(CN3CCOCC3)cc(CCCCCO)c21.